The van der Waals surface area contributed by atoms with Gasteiger partial charge in [-0.05, 0) is 18.2 Å². The summed E-state index contributed by atoms with van der Waals surface area (Å²) in [5.41, 5.74) is 2.01. The van der Waals surface area contributed by atoms with E-state index >= 15 is 0 Å². The van der Waals surface area contributed by atoms with Gasteiger partial charge < -0.3 is 15.0 Å². The van der Waals surface area contributed by atoms with Crippen molar-refractivity contribution in [1.29, 1.82) is 0 Å². The van der Waals surface area contributed by atoms with Gasteiger partial charge in [0, 0.05) is 24.6 Å². The molecule has 3 rings (SSSR count). The maximum absolute atomic E-state index is 6.12. The normalized spacial score (nSPS) is 15.4. The van der Waals surface area contributed by atoms with Gasteiger partial charge in [-0.3, -0.25) is 0 Å². The van der Waals surface area contributed by atoms with Gasteiger partial charge in [0.2, 0.25) is 0 Å². The molecule has 0 bridgehead atoms. The third-order valence-corrected chi connectivity index (χ3v) is 3.52. The molecule has 1 aliphatic rings. The third-order valence-electron chi connectivity index (χ3n) is 3.23. The molecule has 0 atom stereocenters. The second-order valence-corrected chi connectivity index (χ2v) is 4.79. The summed E-state index contributed by atoms with van der Waals surface area (Å²) in [7, 11) is 1.61. The molecule has 2 aromatic rings. The Morgan fingerprint density at radius 3 is 2.83 bits per heavy atom. The van der Waals surface area contributed by atoms with Crippen LogP contribution in [0.1, 0.15) is 11.7 Å². The molecule has 2 heterocycles. The van der Waals surface area contributed by atoms with E-state index in [0.29, 0.717) is 16.7 Å². The van der Waals surface area contributed by atoms with Crippen LogP contribution in [0.25, 0.3) is 11.3 Å². The predicted octanol–water partition coefficient (Wildman–Crippen LogP) is 2.43. The summed E-state index contributed by atoms with van der Waals surface area (Å²) in [4.78, 5) is 7.76. The molecular weight excluding hydrogens is 250 g/mol. The Morgan fingerprint density at radius 2 is 2.22 bits per heavy atom. The van der Waals surface area contributed by atoms with Crippen molar-refractivity contribution in [2.24, 2.45) is 0 Å². The van der Waals surface area contributed by atoms with Crippen LogP contribution in [0, 0.1) is 0 Å². The van der Waals surface area contributed by atoms with E-state index in [4.69, 9.17) is 16.3 Å². The number of ether oxygens (including phenoxy) is 1. The van der Waals surface area contributed by atoms with Gasteiger partial charge in [0.25, 0.3) is 0 Å². The average Bonchev–Trinajstić information content (AvgIpc) is 2.76. The molecule has 0 aliphatic carbocycles. The largest absolute Gasteiger partial charge is 0.495 e. The lowest BCUT2D eigenvalue weighted by Crippen LogP contribution is -2.40. The van der Waals surface area contributed by atoms with Gasteiger partial charge in [-0.25, -0.2) is 4.98 Å². The monoisotopic (exact) mass is 263 g/mol. The molecule has 1 aromatic heterocycles. The number of nitrogens with zero attached hydrogens (tertiary/aromatic N) is 1. The van der Waals surface area contributed by atoms with Gasteiger partial charge >= 0.3 is 0 Å². The highest BCUT2D eigenvalue weighted by atomic mass is 35.5. The fourth-order valence-electron chi connectivity index (χ4n) is 2.01. The quantitative estimate of drug-likeness (QED) is 0.894. The summed E-state index contributed by atoms with van der Waals surface area (Å²) < 4.78 is 5.14. The summed E-state index contributed by atoms with van der Waals surface area (Å²) in [6.07, 6.45) is 1.85. The van der Waals surface area contributed by atoms with Crippen molar-refractivity contribution in [3.05, 3.63) is 35.2 Å². The summed E-state index contributed by atoms with van der Waals surface area (Å²) >= 11 is 6.12. The number of methoxy groups -OCH3 is 1. The van der Waals surface area contributed by atoms with Crippen LogP contribution in [0.5, 0.6) is 5.75 Å². The Labute approximate surface area is 110 Å². The van der Waals surface area contributed by atoms with Gasteiger partial charge in [0.1, 0.15) is 11.6 Å². The third kappa shape index (κ3) is 1.98. The zero-order valence-electron chi connectivity index (χ0n) is 10.0. The minimum Gasteiger partial charge on any atom is -0.495 e. The number of hydrogen-bond acceptors (Lipinski definition) is 3. The van der Waals surface area contributed by atoms with Crippen molar-refractivity contribution >= 4 is 11.6 Å². The lowest BCUT2D eigenvalue weighted by molar-refractivity contribution is 0.415. The van der Waals surface area contributed by atoms with E-state index in [-0.39, 0.29) is 0 Å². The second kappa shape index (κ2) is 4.63. The highest BCUT2D eigenvalue weighted by molar-refractivity contribution is 6.32. The Morgan fingerprint density at radius 1 is 1.39 bits per heavy atom. The number of halogens is 1. The number of rotatable bonds is 3. The number of imidazole rings is 1. The Kier molecular flexibility index (Phi) is 2.97. The van der Waals surface area contributed by atoms with Crippen LogP contribution in [0.15, 0.2) is 24.4 Å². The van der Waals surface area contributed by atoms with E-state index in [1.165, 1.54) is 0 Å². The number of benzene rings is 1. The number of nitrogens with one attached hydrogen (secondary N) is 2. The van der Waals surface area contributed by atoms with Crippen LogP contribution >= 0.6 is 11.6 Å². The standard InChI is InChI=1S/C13H14ClN3O/c1-18-12-3-2-8(4-10(12)14)11-7-16-13(17-11)9-5-15-6-9/h2-4,7,9,15H,5-6H2,1H3,(H,16,17). The van der Waals surface area contributed by atoms with Crippen LogP contribution in [-0.4, -0.2) is 30.2 Å². The zero-order chi connectivity index (χ0) is 12.5. The van der Waals surface area contributed by atoms with E-state index < -0.39 is 0 Å². The molecule has 0 saturated carbocycles. The van der Waals surface area contributed by atoms with E-state index in [0.717, 1.165) is 30.2 Å². The molecule has 0 radical (unpaired) electrons. The minimum absolute atomic E-state index is 0.507. The molecule has 1 aliphatic heterocycles. The molecule has 2 N–H and O–H groups in total. The van der Waals surface area contributed by atoms with Crippen molar-refractivity contribution in [1.82, 2.24) is 15.3 Å². The van der Waals surface area contributed by atoms with Crippen molar-refractivity contribution in [2.75, 3.05) is 20.2 Å². The smallest absolute Gasteiger partial charge is 0.137 e. The minimum atomic E-state index is 0.507. The van der Waals surface area contributed by atoms with Crippen LogP contribution in [0.4, 0.5) is 0 Å². The van der Waals surface area contributed by atoms with Gasteiger partial charge in [-0.2, -0.15) is 0 Å². The van der Waals surface area contributed by atoms with Crippen LogP contribution in [0.3, 0.4) is 0 Å². The molecule has 18 heavy (non-hydrogen) atoms. The summed E-state index contributed by atoms with van der Waals surface area (Å²) in [6.45, 7) is 1.99. The molecule has 1 fully saturated rings. The molecule has 0 unspecified atom stereocenters. The molecule has 1 saturated heterocycles. The Balaban J connectivity index is 1.89. The van der Waals surface area contributed by atoms with Crippen molar-refractivity contribution in [2.45, 2.75) is 5.92 Å². The average molecular weight is 264 g/mol. The van der Waals surface area contributed by atoms with E-state index in [2.05, 4.69) is 15.3 Å². The molecular formula is C13H14ClN3O. The van der Waals surface area contributed by atoms with Gasteiger partial charge in [0.15, 0.2) is 0 Å². The first-order chi connectivity index (χ1) is 8.78. The maximum Gasteiger partial charge on any atom is 0.137 e. The first kappa shape index (κ1) is 11.6. The number of hydrogen-bond donors (Lipinski definition) is 2. The maximum atomic E-state index is 6.12. The van der Waals surface area contributed by atoms with Crippen LogP contribution < -0.4 is 10.1 Å². The van der Waals surface area contributed by atoms with Crippen LogP contribution in [-0.2, 0) is 0 Å². The van der Waals surface area contributed by atoms with Crippen molar-refractivity contribution in [3.63, 3.8) is 0 Å². The first-order valence-corrected chi connectivity index (χ1v) is 6.25. The highest BCUT2D eigenvalue weighted by Gasteiger charge is 2.21. The lowest BCUT2D eigenvalue weighted by atomic mass is 10.0. The van der Waals surface area contributed by atoms with Gasteiger partial charge in [0.05, 0.1) is 24.0 Å². The molecule has 5 heteroatoms. The van der Waals surface area contributed by atoms with Crippen molar-refractivity contribution < 1.29 is 4.74 Å². The molecule has 1 aromatic carbocycles. The predicted molar refractivity (Wildman–Crippen MR) is 71.2 cm³/mol. The Bertz CT molecular complexity index is 563. The van der Waals surface area contributed by atoms with E-state index in [9.17, 15) is 0 Å². The zero-order valence-corrected chi connectivity index (χ0v) is 10.8. The number of aromatic amines is 1. The fourth-order valence-corrected chi connectivity index (χ4v) is 2.26. The molecule has 4 nitrogen and oxygen atoms in total. The summed E-state index contributed by atoms with van der Waals surface area (Å²) in [5, 5.41) is 3.84. The summed E-state index contributed by atoms with van der Waals surface area (Å²) in [6, 6.07) is 5.72. The van der Waals surface area contributed by atoms with Gasteiger partial charge in [-0.1, -0.05) is 11.6 Å². The van der Waals surface area contributed by atoms with E-state index in [1.807, 2.05) is 24.4 Å². The number of aromatic nitrogens is 2. The van der Waals surface area contributed by atoms with E-state index in [1.54, 1.807) is 7.11 Å². The molecule has 94 valence electrons. The number of H-pyrrole nitrogens is 1. The fraction of sp³-hybridized carbons (Fsp3) is 0.308. The topological polar surface area (TPSA) is 49.9 Å². The molecule has 0 amide bonds. The molecule has 0 spiro atoms. The van der Waals surface area contributed by atoms with Crippen LogP contribution in [0.2, 0.25) is 5.02 Å². The first-order valence-electron chi connectivity index (χ1n) is 5.87. The van der Waals surface area contributed by atoms with Gasteiger partial charge in [-0.15, -0.1) is 0 Å². The van der Waals surface area contributed by atoms with Crippen molar-refractivity contribution in [3.8, 4) is 17.0 Å². The highest BCUT2D eigenvalue weighted by Crippen LogP contribution is 2.30. The Hall–Kier alpha value is -1.52. The second-order valence-electron chi connectivity index (χ2n) is 4.39. The SMILES string of the molecule is COc1ccc(-c2cnc(C3CNC3)[nH]2)cc1Cl. The lowest BCUT2D eigenvalue weighted by Gasteiger charge is -2.24. The summed E-state index contributed by atoms with van der Waals surface area (Å²) in [5.74, 6) is 2.23.